The molecule has 12 heterocycles. The number of unbranched alkanes of at least 4 members (excludes halogenated alkanes) is 2. The van der Waals surface area contributed by atoms with Gasteiger partial charge in [-0.2, -0.15) is 0 Å². The molecule has 5 N–H and O–H groups in total. The van der Waals surface area contributed by atoms with Gasteiger partial charge in [0.05, 0.1) is 256 Å². The molecule has 8 aliphatic rings. The minimum atomic E-state index is -1.34. The fraction of sp³-hybridized carbons (Fsp3) is 0.824. The highest BCUT2D eigenvalue weighted by molar-refractivity contribution is 8.76. The minimum Gasteiger partial charge on any atom is -0.449 e. The maximum absolute atomic E-state index is 14.3. The predicted molar refractivity (Wildman–Crippen MR) is 464 cm³/mol. The molecule has 0 saturated carbocycles. The molecule has 4 aromatic heterocycles. The summed E-state index contributed by atoms with van der Waals surface area (Å²) in [5.74, 6) is -2.80. The molecule has 46 nitrogen and oxygen atoms in total. The molecule has 8 aliphatic heterocycles. The predicted octanol–water partition coefficient (Wildman–Crippen LogP) is 1.91. The number of aliphatic hydroxyl groups is 1. The van der Waals surface area contributed by atoms with Gasteiger partial charge < -0.3 is 154 Å². The first kappa shape index (κ1) is 106. The van der Waals surface area contributed by atoms with Crippen LogP contribution < -0.4 is 21.3 Å². The molecule has 1 unspecified atom stereocenters. The smallest absolute Gasteiger partial charge is 0.407 e. The SMILES string of the molecule is CC(=O)N[C@@H]1[C@H]2OC(C)(C)O[C@H]2[C@@](C)(COCCOCCOCCOCCn2cc(COCC(COCc3cn(CCOCCOCCOCCOC[C@@]45CO[C@@H](O4)[C@H](NC(C)=O)[C@H]4OC(C)(C)O[C@H]45)nn3)(COCc3cn(CCOCCOCCOCCOC[C@]45CO[C@H](C[C@H]6OC(C)(C)O[C@H]64)O5)nn3)NC(=O)CCCCCNC(=O)OCCSSc3ccccn3)nn2)O[C@@H]1O. The average molecular weight is 1930 g/mol. The van der Waals surface area contributed by atoms with E-state index in [1.807, 2.05) is 45.9 Å². The Hall–Kier alpha value is -6.13. The monoisotopic (exact) mass is 1930 g/mol. The molecule has 15 atom stereocenters. The molecular formula is C85H136N14O32S2. The van der Waals surface area contributed by atoms with Crippen molar-refractivity contribution in [2.24, 2.45) is 0 Å². The topological polar surface area (TPSA) is 491 Å². The van der Waals surface area contributed by atoms with Crippen LogP contribution in [0.2, 0.25) is 0 Å². The highest BCUT2D eigenvalue weighted by Crippen LogP contribution is 2.49. The number of ether oxygens (including phenoxy) is 27. The molecule has 48 heteroatoms. The molecule has 750 valence electrons. The average Bonchev–Trinajstić information content (AvgIpc) is 1.57. The lowest BCUT2D eigenvalue weighted by Gasteiger charge is -2.46. The van der Waals surface area contributed by atoms with Crippen molar-refractivity contribution in [1.82, 2.24) is 71.2 Å². The van der Waals surface area contributed by atoms with E-state index in [9.17, 15) is 24.3 Å². The van der Waals surface area contributed by atoms with Crippen molar-refractivity contribution >= 4 is 45.4 Å². The zero-order chi connectivity index (χ0) is 93.8. The third kappa shape index (κ3) is 34.1. The Bertz CT molecular complexity index is 4070. The molecule has 133 heavy (non-hydrogen) atoms. The van der Waals surface area contributed by atoms with Crippen molar-refractivity contribution in [3.8, 4) is 0 Å². The number of nitrogens with zero attached hydrogens (tertiary/aromatic N) is 10. The summed E-state index contributed by atoms with van der Waals surface area (Å²) in [6.07, 6.45) is 3.93. The first-order valence-corrected chi connectivity index (χ1v) is 47.9. The number of fused-ring (bicyclic) bond motifs is 9. The Morgan fingerprint density at radius 1 is 0.489 bits per heavy atom. The number of aliphatic hydroxyl groups excluding tert-OH is 1. The number of carbonyl (C=O) groups is 4. The van der Waals surface area contributed by atoms with E-state index in [-0.39, 0.29) is 122 Å². The van der Waals surface area contributed by atoms with Crippen LogP contribution in [0.3, 0.4) is 0 Å². The highest BCUT2D eigenvalue weighted by Gasteiger charge is 2.67. The number of pyridine rings is 1. The molecule has 4 bridgehead atoms. The number of rotatable bonds is 68. The van der Waals surface area contributed by atoms with Crippen molar-refractivity contribution in [1.29, 1.82) is 0 Å². The molecule has 4 amide bonds. The second kappa shape index (κ2) is 53.3. The van der Waals surface area contributed by atoms with Gasteiger partial charge in [-0.3, -0.25) is 14.4 Å². The zero-order valence-electron chi connectivity index (χ0n) is 77.7. The van der Waals surface area contributed by atoms with Crippen LogP contribution in [0.15, 0.2) is 48.0 Å². The van der Waals surface area contributed by atoms with E-state index in [1.165, 1.54) is 24.6 Å². The van der Waals surface area contributed by atoms with E-state index in [0.29, 0.717) is 213 Å². The fourth-order valence-electron chi connectivity index (χ4n) is 16.1. The number of amides is 4. The van der Waals surface area contributed by atoms with Crippen molar-refractivity contribution in [3.63, 3.8) is 0 Å². The number of aromatic nitrogens is 10. The van der Waals surface area contributed by atoms with Gasteiger partial charge in [-0.25, -0.2) is 23.8 Å². The van der Waals surface area contributed by atoms with Crippen molar-refractivity contribution < 1.29 is 152 Å². The third-order valence-corrected chi connectivity index (χ3v) is 24.3. The normalized spacial score (nSPS) is 26.7. The van der Waals surface area contributed by atoms with Gasteiger partial charge in [-0.1, -0.05) is 38.9 Å². The molecule has 0 aromatic carbocycles. The highest BCUT2D eigenvalue weighted by atomic mass is 33.1. The number of carbonyl (C=O) groups excluding carboxylic acids is 4. The molecule has 0 spiro atoms. The van der Waals surface area contributed by atoms with Gasteiger partial charge in [0.15, 0.2) is 36.2 Å². The van der Waals surface area contributed by atoms with Crippen LogP contribution in [0.1, 0.15) is 111 Å². The van der Waals surface area contributed by atoms with Gasteiger partial charge in [-0.05, 0) is 84.2 Å². The van der Waals surface area contributed by atoms with E-state index < -0.39 is 94.9 Å². The van der Waals surface area contributed by atoms with Gasteiger partial charge >= 0.3 is 6.09 Å². The van der Waals surface area contributed by atoms with Crippen molar-refractivity contribution in [2.75, 3.05) is 211 Å². The summed E-state index contributed by atoms with van der Waals surface area (Å²) in [4.78, 5) is 55.0. The Morgan fingerprint density at radius 2 is 0.947 bits per heavy atom. The van der Waals surface area contributed by atoms with Crippen LogP contribution in [-0.4, -0.2) is 397 Å². The standard InChI is InChI=1S/C85H136N14O32S2/c1-60(100)88-69-71-74(128-80(5,6)125-71)82(9,130-76(69)103)52-114-40-37-111-34-31-108-28-25-105-22-19-97-46-62(91-94-97)49-117-53-83(90-66(102)15-11-10-13-18-87-78(104)120-43-44-132-133-67-16-12-14-17-86-67,54-118-50-63-47-98(95-92-63)20-23-106-26-29-109-32-35-112-38-41-115-56-84-58-121-68(124-84)45-65-73(84)127-79(3,4)123-65)55-119-51-64-48-99(96-93-64)21-24-107-27-30-110-33-36-113-39-42-116-57-85-59-122-77(131-85)70(89-61(2)101)72-75(85)129-81(7,8)126-72/h12,14,16-17,46-48,65,68-77,103H,10-11,13,15,18-45,49-59H2,1-9H3,(H,87,104)(H,88,100)(H,89,101)(H,90,102)/t65-,68+,69-,70-,71-,72-,73-,74-,75-,76+,77+,82-,83?,84+,85+/m1/s1. The Balaban J connectivity index is 0.571. The van der Waals surface area contributed by atoms with Gasteiger partial charge in [-0.15, -0.1) is 15.3 Å². The van der Waals surface area contributed by atoms with Crippen LogP contribution in [-0.2, 0) is 182 Å². The summed E-state index contributed by atoms with van der Waals surface area (Å²) < 4.78 is 167. The van der Waals surface area contributed by atoms with E-state index >= 15 is 0 Å². The van der Waals surface area contributed by atoms with Gasteiger partial charge in [0.25, 0.3) is 0 Å². The van der Waals surface area contributed by atoms with Crippen molar-refractivity contribution in [2.45, 2.75) is 246 Å². The molecule has 4 aromatic rings. The quantitative estimate of drug-likeness (QED) is 0.0311. The van der Waals surface area contributed by atoms with E-state index in [4.69, 9.17) is 128 Å². The fourth-order valence-corrected chi connectivity index (χ4v) is 17.8. The lowest BCUT2D eigenvalue weighted by molar-refractivity contribution is -0.279. The van der Waals surface area contributed by atoms with Crippen LogP contribution in [0.25, 0.3) is 0 Å². The summed E-state index contributed by atoms with van der Waals surface area (Å²) in [7, 11) is 3.05. The summed E-state index contributed by atoms with van der Waals surface area (Å²) in [5.41, 5.74) is -2.45. The molecule has 0 aliphatic carbocycles. The lowest BCUT2D eigenvalue weighted by atomic mass is 9.87. The zero-order valence-corrected chi connectivity index (χ0v) is 79.3. The minimum absolute atomic E-state index is 0.000865. The summed E-state index contributed by atoms with van der Waals surface area (Å²) in [6, 6.07) is 4.35. The summed E-state index contributed by atoms with van der Waals surface area (Å²) >= 11 is 0. The molecule has 12 rings (SSSR count). The van der Waals surface area contributed by atoms with Gasteiger partial charge in [0.2, 0.25) is 17.7 Å². The van der Waals surface area contributed by atoms with E-state index in [2.05, 4.69) is 57.2 Å². The number of hydrogen-bond donors (Lipinski definition) is 5. The molecule has 8 fully saturated rings. The van der Waals surface area contributed by atoms with Crippen LogP contribution in [0.5, 0.6) is 0 Å². The Morgan fingerprint density at radius 3 is 1.46 bits per heavy atom. The van der Waals surface area contributed by atoms with Crippen LogP contribution >= 0.6 is 21.6 Å². The number of alkyl carbamates (subject to hydrolysis) is 1. The Labute approximate surface area is 782 Å². The third-order valence-electron chi connectivity index (χ3n) is 22.1. The van der Waals surface area contributed by atoms with Gasteiger partial charge in [0.1, 0.15) is 93.7 Å². The maximum atomic E-state index is 14.3. The van der Waals surface area contributed by atoms with Crippen LogP contribution in [0, 0.1) is 0 Å². The second-order valence-corrected chi connectivity index (χ2v) is 37.2. The van der Waals surface area contributed by atoms with E-state index in [1.54, 1.807) is 70.4 Å². The van der Waals surface area contributed by atoms with Crippen LogP contribution in [0.4, 0.5) is 4.79 Å². The molecule has 0 radical (unpaired) electrons. The maximum Gasteiger partial charge on any atom is 0.407 e. The largest absolute Gasteiger partial charge is 0.449 e. The molecule has 8 saturated heterocycles. The first-order chi connectivity index (χ1) is 64.3. The Kier molecular flexibility index (Phi) is 42.4. The van der Waals surface area contributed by atoms with Gasteiger partial charge in [0, 0.05) is 45.2 Å². The molecular weight excluding hydrogens is 1790 g/mol. The lowest BCUT2D eigenvalue weighted by Crippen LogP contribution is -2.67. The summed E-state index contributed by atoms with van der Waals surface area (Å²) in [6.45, 7) is 25.1. The summed E-state index contributed by atoms with van der Waals surface area (Å²) in [5, 5.41) is 49.4. The first-order valence-electron chi connectivity index (χ1n) is 45.6. The second-order valence-electron chi connectivity index (χ2n) is 34.8. The van der Waals surface area contributed by atoms with Crippen molar-refractivity contribution in [3.05, 3.63) is 60.1 Å². The van der Waals surface area contributed by atoms with E-state index in [0.717, 1.165) is 5.03 Å². The number of hydrogen-bond acceptors (Lipinski definition) is 41. The number of nitrogens with one attached hydrogen (secondary N) is 4.